The second kappa shape index (κ2) is 7.01. The van der Waals surface area contributed by atoms with Crippen molar-refractivity contribution in [3.8, 4) is 0 Å². The van der Waals surface area contributed by atoms with Gasteiger partial charge in [-0.3, -0.25) is 0 Å². The molecule has 0 unspecified atom stereocenters. The fourth-order valence-electron chi connectivity index (χ4n) is 2.26. The average Bonchev–Trinajstić information content (AvgIpc) is 2.27. The molecule has 0 radical (unpaired) electrons. The summed E-state index contributed by atoms with van der Waals surface area (Å²) < 4.78 is 1.11. The zero-order valence-electron chi connectivity index (χ0n) is 10.3. The molecule has 0 aliphatic rings. The molecule has 0 saturated carbocycles. The maximum absolute atomic E-state index is 6.16. The van der Waals surface area contributed by atoms with E-state index in [1.165, 1.54) is 5.56 Å². The molecule has 0 aliphatic heterocycles. The fourth-order valence-corrected chi connectivity index (χ4v) is 3.40. The van der Waals surface area contributed by atoms with E-state index < -0.39 is 0 Å². The largest absolute Gasteiger partial charge is 0.126 e. The summed E-state index contributed by atoms with van der Waals surface area (Å²) in [6.45, 7) is 4.43. The van der Waals surface area contributed by atoms with E-state index in [2.05, 4.69) is 48.0 Å². The van der Waals surface area contributed by atoms with Gasteiger partial charge >= 0.3 is 0 Å². The minimum Gasteiger partial charge on any atom is -0.126 e. The lowest BCUT2D eigenvalue weighted by molar-refractivity contribution is 0.295. The van der Waals surface area contributed by atoms with E-state index in [0.29, 0.717) is 17.7 Å². The Kier molecular flexibility index (Phi) is 6.33. The summed E-state index contributed by atoms with van der Waals surface area (Å²) >= 11 is 15.8. The number of halogens is 3. The number of hydrogen-bond acceptors (Lipinski definition) is 0. The predicted molar refractivity (Wildman–Crippen MR) is 81.2 cm³/mol. The Morgan fingerprint density at radius 1 is 1.24 bits per heavy atom. The van der Waals surface area contributed by atoms with Crippen LogP contribution in [-0.4, -0.2) is 11.8 Å². The van der Waals surface area contributed by atoms with Gasteiger partial charge in [-0.2, -0.15) is 0 Å². The highest BCUT2D eigenvalue weighted by atomic mass is 79.9. The van der Waals surface area contributed by atoms with Crippen molar-refractivity contribution in [1.29, 1.82) is 0 Å². The van der Waals surface area contributed by atoms with E-state index in [1.54, 1.807) is 0 Å². The molecule has 0 atom stereocenters. The maximum Gasteiger partial charge on any atom is 0.0294 e. The molecule has 0 spiro atoms. The van der Waals surface area contributed by atoms with Crippen LogP contribution in [0.4, 0.5) is 0 Å². The Hall–Kier alpha value is 0.280. The topological polar surface area (TPSA) is 0 Å². The van der Waals surface area contributed by atoms with E-state index in [4.69, 9.17) is 23.2 Å². The van der Waals surface area contributed by atoms with Crippen LogP contribution < -0.4 is 0 Å². The lowest BCUT2D eigenvalue weighted by Gasteiger charge is -2.31. The van der Waals surface area contributed by atoms with Crippen LogP contribution >= 0.6 is 39.1 Å². The zero-order valence-corrected chi connectivity index (χ0v) is 13.4. The molecule has 0 fully saturated rings. The molecule has 96 valence electrons. The lowest BCUT2D eigenvalue weighted by atomic mass is 9.78. The highest BCUT2D eigenvalue weighted by molar-refractivity contribution is 9.10. The van der Waals surface area contributed by atoms with Crippen LogP contribution in [0.1, 0.15) is 25.8 Å². The van der Waals surface area contributed by atoms with Gasteiger partial charge in [-0.05, 0) is 36.5 Å². The van der Waals surface area contributed by atoms with Gasteiger partial charge in [0.1, 0.15) is 0 Å². The molecule has 0 aliphatic carbocycles. The van der Waals surface area contributed by atoms with Crippen LogP contribution in [0.2, 0.25) is 0 Å². The summed E-state index contributed by atoms with van der Waals surface area (Å²) in [5.41, 5.74) is 1.30. The third-order valence-electron chi connectivity index (χ3n) is 2.88. The van der Waals surface area contributed by atoms with Crippen molar-refractivity contribution in [1.82, 2.24) is 0 Å². The van der Waals surface area contributed by atoms with Crippen molar-refractivity contribution >= 4 is 39.1 Å². The summed E-state index contributed by atoms with van der Waals surface area (Å²) in [5.74, 6) is 1.84. The predicted octanol–water partition coefficient (Wildman–Crippen LogP) is 5.50. The molecule has 0 nitrogen and oxygen atoms in total. The minimum atomic E-state index is 0.0120. The molecule has 0 saturated heterocycles. The van der Waals surface area contributed by atoms with Gasteiger partial charge in [0.2, 0.25) is 0 Å². The molecule has 0 bridgehead atoms. The lowest BCUT2D eigenvalue weighted by Crippen LogP contribution is -2.30. The molecular weight excluding hydrogens is 319 g/mol. The first-order valence-corrected chi connectivity index (χ1v) is 7.74. The number of benzene rings is 1. The molecule has 0 heterocycles. The van der Waals surface area contributed by atoms with E-state index >= 15 is 0 Å². The first-order chi connectivity index (χ1) is 8.01. The fraction of sp³-hybridized carbons (Fsp3) is 0.571. The first-order valence-electron chi connectivity index (χ1n) is 5.88. The average molecular weight is 338 g/mol. The van der Waals surface area contributed by atoms with Gasteiger partial charge in [0.15, 0.2) is 0 Å². The molecule has 17 heavy (non-hydrogen) atoms. The summed E-state index contributed by atoms with van der Waals surface area (Å²) in [4.78, 5) is 0. The van der Waals surface area contributed by atoms with Gasteiger partial charge in [-0.25, -0.2) is 0 Å². The Morgan fingerprint density at radius 2 is 1.88 bits per heavy atom. The summed E-state index contributed by atoms with van der Waals surface area (Å²) in [7, 11) is 0. The summed E-state index contributed by atoms with van der Waals surface area (Å²) in [5, 5.41) is 0. The summed E-state index contributed by atoms with van der Waals surface area (Å²) in [6, 6.07) is 8.38. The van der Waals surface area contributed by atoms with Crippen molar-refractivity contribution in [2.75, 3.05) is 11.8 Å². The van der Waals surface area contributed by atoms with E-state index in [9.17, 15) is 0 Å². The van der Waals surface area contributed by atoms with Crippen molar-refractivity contribution in [2.24, 2.45) is 11.3 Å². The van der Waals surface area contributed by atoms with E-state index in [1.807, 2.05) is 6.07 Å². The third kappa shape index (κ3) is 4.81. The Labute approximate surface area is 123 Å². The maximum atomic E-state index is 6.16. The van der Waals surface area contributed by atoms with Crippen LogP contribution in [0, 0.1) is 11.3 Å². The SMILES string of the molecule is CC(C)CC(CCl)(CCl)Cc1cccc(Br)c1. The van der Waals surface area contributed by atoms with Crippen molar-refractivity contribution in [3.05, 3.63) is 34.3 Å². The highest BCUT2D eigenvalue weighted by Gasteiger charge is 2.29. The third-order valence-corrected chi connectivity index (χ3v) is 4.50. The van der Waals surface area contributed by atoms with Crippen LogP contribution in [0.15, 0.2) is 28.7 Å². The standard InChI is InChI=1S/C14H19BrCl2/c1-11(2)7-14(9-16,10-17)8-12-4-3-5-13(15)6-12/h3-6,11H,7-10H2,1-2H3. The van der Waals surface area contributed by atoms with Gasteiger partial charge in [-0.1, -0.05) is 41.9 Å². The van der Waals surface area contributed by atoms with Gasteiger partial charge in [0.25, 0.3) is 0 Å². The smallest absolute Gasteiger partial charge is 0.0294 e. The summed E-state index contributed by atoms with van der Waals surface area (Å²) in [6.07, 6.45) is 2.00. The molecular formula is C14H19BrCl2. The number of alkyl halides is 2. The van der Waals surface area contributed by atoms with Crippen LogP contribution in [-0.2, 0) is 6.42 Å². The Bertz CT molecular complexity index is 346. The van der Waals surface area contributed by atoms with Crippen molar-refractivity contribution < 1.29 is 0 Å². The van der Waals surface area contributed by atoms with E-state index in [0.717, 1.165) is 17.3 Å². The van der Waals surface area contributed by atoms with Gasteiger partial charge in [-0.15, -0.1) is 23.2 Å². The quantitative estimate of drug-likeness (QED) is 0.601. The number of rotatable bonds is 6. The van der Waals surface area contributed by atoms with Crippen LogP contribution in [0.25, 0.3) is 0 Å². The van der Waals surface area contributed by atoms with Crippen molar-refractivity contribution in [2.45, 2.75) is 26.7 Å². The Morgan fingerprint density at radius 3 is 2.35 bits per heavy atom. The van der Waals surface area contributed by atoms with E-state index in [-0.39, 0.29) is 5.41 Å². The molecule has 0 N–H and O–H groups in total. The second-order valence-electron chi connectivity index (χ2n) is 5.17. The first kappa shape index (κ1) is 15.3. The van der Waals surface area contributed by atoms with Crippen LogP contribution in [0.3, 0.4) is 0 Å². The molecule has 1 rings (SSSR count). The number of hydrogen-bond donors (Lipinski definition) is 0. The van der Waals surface area contributed by atoms with Crippen molar-refractivity contribution in [3.63, 3.8) is 0 Å². The minimum absolute atomic E-state index is 0.0120. The molecule has 1 aromatic carbocycles. The monoisotopic (exact) mass is 336 g/mol. The van der Waals surface area contributed by atoms with Crippen LogP contribution in [0.5, 0.6) is 0 Å². The molecule has 3 heteroatoms. The Balaban J connectivity index is 2.85. The zero-order chi connectivity index (χ0) is 12.9. The molecule has 1 aromatic rings. The van der Waals surface area contributed by atoms with Gasteiger partial charge < -0.3 is 0 Å². The second-order valence-corrected chi connectivity index (χ2v) is 6.62. The van der Waals surface area contributed by atoms with Gasteiger partial charge in [0, 0.05) is 21.6 Å². The normalized spacial score (nSPS) is 12.1. The molecule has 0 aromatic heterocycles. The highest BCUT2D eigenvalue weighted by Crippen LogP contribution is 2.34. The van der Waals surface area contributed by atoms with Gasteiger partial charge in [0.05, 0.1) is 0 Å². The molecule has 0 amide bonds.